The average molecular weight is 227 g/mol. The van der Waals surface area contributed by atoms with Crippen LogP contribution < -0.4 is 4.74 Å². The molecule has 0 aliphatic carbocycles. The van der Waals surface area contributed by atoms with Gasteiger partial charge in [-0.3, -0.25) is 0 Å². The number of hydrogen-bond acceptors (Lipinski definition) is 1. The van der Waals surface area contributed by atoms with Crippen molar-refractivity contribution in [1.29, 1.82) is 0 Å². The first-order valence-corrected chi connectivity index (χ1v) is 5.94. The van der Waals surface area contributed by atoms with Crippen LogP contribution in [-0.2, 0) is 0 Å². The highest BCUT2D eigenvalue weighted by Crippen LogP contribution is 2.25. The largest absolute Gasteiger partial charge is 0.494 e. The van der Waals surface area contributed by atoms with Crippen LogP contribution in [0, 0.1) is 0 Å². The molecule has 0 heterocycles. The maximum absolute atomic E-state index is 5.99. The van der Waals surface area contributed by atoms with E-state index in [2.05, 4.69) is 19.1 Å². The molecule has 0 bridgehead atoms. The van der Waals surface area contributed by atoms with Gasteiger partial charge in [0.25, 0.3) is 0 Å². The van der Waals surface area contributed by atoms with Gasteiger partial charge in [0.1, 0.15) is 5.75 Å². The summed E-state index contributed by atoms with van der Waals surface area (Å²) in [5.41, 5.74) is 1.30. The van der Waals surface area contributed by atoms with Gasteiger partial charge in [-0.1, -0.05) is 19.1 Å². The van der Waals surface area contributed by atoms with Crippen LogP contribution in [0.4, 0.5) is 0 Å². The maximum atomic E-state index is 5.99. The molecule has 0 saturated carbocycles. The number of alkyl halides is 1. The van der Waals surface area contributed by atoms with E-state index in [0.29, 0.717) is 12.5 Å². The summed E-state index contributed by atoms with van der Waals surface area (Å²) in [5.74, 6) is 1.43. The molecule has 0 aliphatic rings. The summed E-state index contributed by atoms with van der Waals surface area (Å²) in [6, 6.07) is 8.26. The zero-order valence-electron chi connectivity index (χ0n) is 9.66. The van der Waals surface area contributed by atoms with E-state index >= 15 is 0 Å². The molecule has 2 heteroatoms. The van der Waals surface area contributed by atoms with Crippen LogP contribution in [0.5, 0.6) is 5.75 Å². The van der Waals surface area contributed by atoms with Crippen molar-refractivity contribution in [3.8, 4) is 5.75 Å². The molecule has 2 unspecified atom stereocenters. The minimum atomic E-state index is 0.218. The predicted octanol–water partition coefficient (Wildman–Crippen LogP) is 4.21. The van der Waals surface area contributed by atoms with Crippen LogP contribution in [-0.4, -0.2) is 12.0 Å². The molecule has 1 rings (SSSR count). The van der Waals surface area contributed by atoms with E-state index < -0.39 is 0 Å². The molecule has 1 aromatic carbocycles. The zero-order chi connectivity index (χ0) is 11.3. The number of rotatable bonds is 5. The molecule has 0 N–H and O–H groups in total. The lowest BCUT2D eigenvalue weighted by molar-refractivity contribution is 0.339. The third-order valence-corrected chi connectivity index (χ3v) is 2.59. The topological polar surface area (TPSA) is 9.23 Å². The summed E-state index contributed by atoms with van der Waals surface area (Å²) in [4.78, 5) is 0. The maximum Gasteiger partial charge on any atom is 0.119 e. The highest BCUT2D eigenvalue weighted by molar-refractivity contribution is 6.20. The summed E-state index contributed by atoms with van der Waals surface area (Å²) in [5, 5.41) is 0.218. The third kappa shape index (κ3) is 4.13. The number of hydrogen-bond donors (Lipinski definition) is 0. The fourth-order valence-corrected chi connectivity index (χ4v) is 1.97. The third-order valence-electron chi connectivity index (χ3n) is 2.42. The standard InChI is InChI=1S/C13H19ClO/c1-4-15-13-7-5-6-12(9-13)10(2)8-11(3)14/h5-7,9-11H,4,8H2,1-3H3. The summed E-state index contributed by atoms with van der Waals surface area (Å²) >= 11 is 5.99. The molecule has 1 aromatic rings. The van der Waals surface area contributed by atoms with Gasteiger partial charge in [-0.2, -0.15) is 0 Å². The lowest BCUT2D eigenvalue weighted by Gasteiger charge is -2.14. The number of benzene rings is 1. The van der Waals surface area contributed by atoms with E-state index in [1.54, 1.807) is 0 Å². The van der Waals surface area contributed by atoms with Gasteiger partial charge in [-0.15, -0.1) is 11.6 Å². The van der Waals surface area contributed by atoms with Crippen molar-refractivity contribution in [2.45, 2.75) is 38.5 Å². The first-order valence-electron chi connectivity index (χ1n) is 5.50. The fourth-order valence-electron chi connectivity index (χ4n) is 1.70. The van der Waals surface area contributed by atoms with Gasteiger partial charge in [0, 0.05) is 5.38 Å². The molecule has 0 saturated heterocycles. The molecule has 84 valence electrons. The van der Waals surface area contributed by atoms with E-state index in [1.165, 1.54) is 5.56 Å². The van der Waals surface area contributed by atoms with E-state index in [-0.39, 0.29) is 5.38 Å². The highest BCUT2D eigenvalue weighted by atomic mass is 35.5. The Balaban J connectivity index is 2.71. The van der Waals surface area contributed by atoms with Crippen molar-refractivity contribution in [2.75, 3.05) is 6.61 Å². The first-order chi connectivity index (χ1) is 7.13. The number of ether oxygens (including phenoxy) is 1. The first kappa shape index (κ1) is 12.4. The van der Waals surface area contributed by atoms with Crippen molar-refractivity contribution in [3.05, 3.63) is 29.8 Å². The second-order valence-electron chi connectivity index (χ2n) is 3.92. The molecular formula is C13H19ClO. The van der Waals surface area contributed by atoms with Crippen LogP contribution in [0.3, 0.4) is 0 Å². The lowest BCUT2D eigenvalue weighted by Crippen LogP contribution is -2.01. The van der Waals surface area contributed by atoms with Crippen LogP contribution in [0.15, 0.2) is 24.3 Å². The monoisotopic (exact) mass is 226 g/mol. The quantitative estimate of drug-likeness (QED) is 0.684. The Bertz CT molecular complexity index is 296. The van der Waals surface area contributed by atoms with Gasteiger partial charge in [0.2, 0.25) is 0 Å². The minimum absolute atomic E-state index is 0.218. The van der Waals surface area contributed by atoms with Gasteiger partial charge in [-0.25, -0.2) is 0 Å². The van der Waals surface area contributed by atoms with Crippen LogP contribution in [0.1, 0.15) is 38.7 Å². The molecule has 0 spiro atoms. The highest BCUT2D eigenvalue weighted by Gasteiger charge is 2.09. The van der Waals surface area contributed by atoms with E-state index in [1.807, 2.05) is 26.0 Å². The van der Waals surface area contributed by atoms with Crippen molar-refractivity contribution >= 4 is 11.6 Å². The van der Waals surface area contributed by atoms with Gasteiger partial charge in [0.15, 0.2) is 0 Å². The summed E-state index contributed by atoms with van der Waals surface area (Å²) in [6.07, 6.45) is 0.997. The molecule has 0 aliphatic heterocycles. The van der Waals surface area contributed by atoms with E-state index in [0.717, 1.165) is 12.2 Å². The molecule has 2 atom stereocenters. The van der Waals surface area contributed by atoms with Crippen molar-refractivity contribution in [1.82, 2.24) is 0 Å². The Hall–Kier alpha value is -0.690. The van der Waals surface area contributed by atoms with Crippen LogP contribution in [0.2, 0.25) is 0 Å². The lowest BCUT2D eigenvalue weighted by atomic mass is 9.96. The Morgan fingerprint density at radius 2 is 2.07 bits per heavy atom. The van der Waals surface area contributed by atoms with Gasteiger partial charge in [-0.05, 0) is 43.9 Å². The molecule has 0 aromatic heterocycles. The SMILES string of the molecule is CCOc1cccc(C(C)CC(C)Cl)c1. The second-order valence-corrected chi connectivity index (χ2v) is 4.67. The van der Waals surface area contributed by atoms with Crippen molar-refractivity contribution in [2.24, 2.45) is 0 Å². The molecular weight excluding hydrogens is 208 g/mol. The van der Waals surface area contributed by atoms with Gasteiger partial charge < -0.3 is 4.74 Å². The van der Waals surface area contributed by atoms with E-state index in [9.17, 15) is 0 Å². The fraction of sp³-hybridized carbons (Fsp3) is 0.538. The minimum Gasteiger partial charge on any atom is -0.494 e. The van der Waals surface area contributed by atoms with Gasteiger partial charge >= 0.3 is 0 Å². The Labute approximate surface area is 97.4 Å². The van der Waals surface area contributed by atoms with Gasteiger partial charge in [0.05, 0.1) is 6.61 Å². The zero-order valence-corrected chi connectivity index (χ0v) is 10.4. The molecule has 0 amide bonds. The smallest absolute Gasteiger partial charge is 0.119 e. The Morgan fingerprint density at radius 3 is 2.67 bits per heavy atom. The van der Waals surface area contributed by atoms with Crippen LogP contribution >= 0.6 is 11.6 Å². The van der Waals surface area contributed by atoms with Crippen molar-refractivity contribution < 1.29 is 4.74 Å². The average Bonchev–Trinajstić information content (AvgIpc) is 2.17. The number of halogens is 1. The van der Waals surface area contributed by atoms with Crippen LogP contribution in [0.25, 0.3) is 0 Å². The Morgan fingerprint density at radius 1 is 1.33 bits per heavy atom. The second kappa shape index (κ2) is 6.02. The normalized spacial score (nSPS) is 14.7. The molecule has 0 fully saturated rings. The van der Waals surface area contributed by atoms with E-state index in [4.69, 9.17) is 16.3 Å². The van der Waals surface area contributed by atoms with Crippen molar-refractivity contribution in [3.63, 3.8) is 0 Å². The molecule has 15 heavy (non-hydrogen) atoms. The molecule has 1 nitrogen and oxygen atoms in total. The molecule has 0 radical (unpaired) electrons. The predicted molar refractivity (Wildman–Crippen MR) is 66.0 cm³/mol. The summed E-state index contributed by atoms with van der Waals surface area (Å²) < 4.78 is 5.47. The summed E-state index contributed by atoms with van der Waals surface area (Å²) in [6.45, 7) is 6.94. The Kier molecular flexibility index (Phi) is 4.97. The summed E-state index contributed by atoms with van der Waals surface area (Å²) in [7, 11) is 0.